The zero-order chi connectivity index (χ0) is 10.9. The molecule has 1 unspecified atom stereocenters. The lowest BCUT2D eigenvalue weighted by molar-refractivity contribution is 0.367. The van der Waals surface area contributed by atoms with Crippen molar-refractivity contribution < 1.29 is 9.84 Å². The first-order valence-electron chi connectivity index (χ1n) is 5.28. The number of methoxy groups -OCH3 is 1. The van der Waals surface area contributed by atoms with Crippen LogP contribution in [0.4, 0.5) is 0 Å². The fourth-order valence-electron chi connectivity index (χ4n) is 2.26. The third-order valence-corrected chi connectivity index (χ3v) is 3.15. The number of benzene rings is 1. The fraction of sp³-hybridized carbons (Fsp3) is 0.500. The van der Waals surface area contributed by atoms with E-state index in [4.69, 9.17) is 4.74 Å². The molecule has 0 spiro atoms. The summed E-state index contributed by atoms with van der Waals surface area (Å²) in [6.45, 7) is 3.22. The number of hydrogen-bond acceptors (Lipinski definition) is 3. The second-order valence-electron chi connectivity index (χ2n) is 4.25. The standard InChI is InChI=1S/C12H17NO2/c1-12(6-3-7-13-12)10-5-4-9(14)8-11(10)15-2/h4-5,8,13-14H,3,6-7H2,1-2H3. The third kappa shape index (κ3) is 1.79. The molecular weight excluding hydrogens is 190 g/mol. The van der Waals surface area contributed by atoms with Crippen molar-refractivity contribution in [2.75, 3.05) is 13.7 Å². The normalized spacial score (nSPS) is 25.5. The molecule has 1 aromatic rings. The van der Waals surface area contributed by atoms with Gasteiger partial charge < -0.3 is 15.2 Å². The van der Waals surface area contributed by atoms with Crippen molar-refractivity contribution in [3.05, 3.63) is 23.8 Å². The van der Waals surface area contributed by atoms with Gasteiger partial charge in [0, 0.05) is 17.2 Å². The van der Waals surface area contributed by atoms with Gasteiger partial charge in [-0.25, -0.2) is 0 Å². The number of nitrogens with one attached hydrogen (secondary N) is 1. The van der Waals surface area contributed by atoms with E-state index in [1.807, 2.05) is 6.07 Å². The lowest BCUT2D eigenvalue weighted by Gasteiger charge is -2.26. The quantitative estimate of drug-likeness (QED) is 0.779. The van der Waals surface area contributed by atoms with Gasteiger partial charge in [-0.05, 0) is 38.4 Å². The molecule has 0 aromatic heterocycles. The molecule has 1 aromatic carbocycles. The van der Waals surface area contributed by atoms with Crippen molar-refractivity contribution in [3.8, 4) is 11.5 Å². The molecule has 1 fully saturated rings. The van der Waals surface area contributed by atoms with Gasteiger partial charge in [0.15, 0.2) is 0 Å². The van der Waals surface area contributed by atoms with Gasteiger partial charge in [0.25, 0.3) is 0 Å². The van der Waals surface area contributed by atoms with Crippen LogP contribution < -0.4 is 10.1 Å². The monoisotopic (exact) mass is 207 g/mol. The lowest BCUT2D eigenvalue weighted by Crippen LogP contribution is -2.33. The average molecular weight is 207 g/mol. The van der Waals surface area contributed by atoms with E-state index in [1.165, 1.54) is 6.42 Å². The van der Waals surface area contributed by atoms with E-state index in [-0.39, 0.29) is 11.3 Å². The van der Waals surface area contributed by atoms with Crippen LogP contribution >= 0.6 is 0 Å². The Kier molecular flexibility index (Phi) is 2.57. The summed E-state index contributed by atoms with van der Waals surface area (Å²) >= 11 is 0. The highest BCUT2D eigenvalue weighted by Gasteiger charge is 2.32. The van der Waals surface area contributed by atoms with Crippen molar-refractivity contribution in [2.24, 2.45) is 0 Å². The van der Waals surface area contributed by atoms with Crippen LogP contribution in [-0.4, -0.2) is 18.8 Å². The SMILES string of the molecule is COc1cc(O)ccc1C1(C)CCCN1. The summed E-state index contributed by atoms with van der Waals surface area (Å²) in [5.41, 5.74) is 1.11. The van der Waals surface area contributed by atoms with Crippen LogP contribution in [0.15, 0.2) is 18.2 Å². The second kappa shape index (κ2) is 3.74. The Bertz CT molecular complexity index is 357. The Labute approximate surface area is 90.1 Å². The predicted octanol–water partition coefficient (Wildman–Crippen LogP) is 2.00. The minimum Gasteiger partial charge on any atom is -0.508 e. The number of aromatic hydroxyl groups is 1. The summed E-state index contributed by atoms with van der Waals surface area (Å²) in [6, 6.07) is 5.32. The molecule has 2 rings (SSSR count). The summed E-state index contributed by atoms with van der Waals surface area (Å²) in [5, 5.41) is 12.9. The van der Waals surface area contributed by atoms with Crippen LogP contribution in [-0.2, 0) is 5.54 Å². The van der Waals surface area contributed by atoms with E-state index in [0.717, 1.165) is 24.3 Å². The van der Waals surface area contributed by atoms with Crippen molar-refractivity contribution in [2.45, 2.75) is 25.3 Å². The van der Waals surface area contributed by atoms with Crippen LogP contribution in [0.1, 0.15) is 25.3 Å². The smallest absolute Gasteiger partial charge is 0.127 e. The number of rotatable bonds is 2. The predicted molar refractivity (Wildman–Crippen MR) is 59.2 cm³/mol. The summed E-state index contributed by atoms with van der Waals surface area (Å²) in [5.74, 6) is 1.00. The molecule has 82 valence electrons. The molecular formula is C12H17NO2. The molecule has 0 amide bonds. The summed E-state index contributed by atoms with van der Waals surface area (Å²) in [7, 11) is 1.64. The molecule has 1 saturated heterocycles. The Morgan fingerprint density at radius 2 is 2.27 bits per heavy atom. The zero-order valence-corrected chi connectivity index (χ0v) is 9.21. The molecule has 15 heavy (non-hydrogen) atoms. The van der Waals surface area contributed by atoms with E-state index in [9.17, 15) is 5.11 Å². The molecule has 1 atom stereocenters. The first-order chi connectivity index (χ1) is 7.15. The fourth-order valence-corrected chi connectivity index (χ4v) is 2.26. The molecule has 1 aliphatic heterocycles. The van der Waals surface area contributed by atoms with Crippen LogP contribution in [0.25, 0.3) is 0 Å². The maximum Gasteiger partial charge on any atom is 0.127 e. The maximum atomic E-state index is 9.39. The minimum absolute atomic E-state index is 0.0148. The van der Waals surface area contributed by atoms with Gasteiger partial charge in [-0.15, -0.1) is 0 Å². The molecule has 0 aliphatic carbocycles. The topological polar surface area (TPSA) is 41.5 Å². The summed E-state index contributed by atoms with van der Waals surface area (Å²) < 4.78 is 5.30. The van der Waals surface area contributed by atoms with Gasteiger partial charge in [0.05, 0.1) is 7.11 Å². The highest BCUT2D eigenvalue weighted by Crippen LogP contribution is 2.37. The zero-order valence-electron chi connectivity index (χ0n) is 9.21. The van der Waals surface area contributed by atoms with Crippen LogP contribution in [0.3, 0.4) is 0 Å². The van der Waals surface area contributed by atoms with Gasteiger partial charge in [0.2, 0.25) is 0 Å². The van der Waals surface area contributed by atoms with Crippen molar-refractivity contribution in [1.82, 2.24) is 5.32 Å². The highest BCUT2D eigenvalue weighted by molar-refractivity contribution is 5.44. The number of hydrogen-bond donors (Lipinski definition) is 2. The van der Waals surface area contributed by atoms with E-state index >= 15 is 0 Å². The van der Waals surface area contributed by atoms with Crippen LogP contribution in [0.2, 0.25) is 0 Å². The minimum atomic E-state index is -0.0148. The third-order valence-electron chi connectivity index (χ3n) is 3.15. The van der Waals surface area contributed by atoms with Crippen LogP contribution in [0.5, 0.6) is 11.5 Å². The van der Waals surface area contributed by atoms with E-state index < -0.39 is 0 Å². The Morgan fingerprint density at radius 3 is 2.87 bits per heavy atom. The first-order valence-corrected chi connectivity index (χ1v) is 5.28. The molecule has 3 heteroatoms. The molecule has 0 saturated carbocycles. The molecule has 3 nitrogen and oxygen atoms in total. The maximum absolute atomic E-state index is 9.39. The van der Waals surface area contributed by atoms with Crippen molar-refractivity contribution in [3.63, 3.8) is 0 Å². The summed E-state index contributed by atoms with van der Waals surface area (Å²) in [4.78, 5) is 0. The van der Waals surface area contributed by atoms with Crippen LogP contribution in [0, 0.1) is 0 Å². The number of phenols is 1. The summed E-state index contributed by atoms with van der Waals surface area (Å²) in [6.07, 6.45) is 2.29. The van der Waals surface area contributed by atoms with Crippen molar-refractivity contribution >= 4 is 0 Å². The van der Waals surface area contributed by atoms with E-state index in [1.54, 1.807) is 19.2 Å². The molecule has 1 aliphatic rings. The average Bonchev–Trinajstić information content (AvgIpc) is 2.66. The molecule has 1 heterocycles. The van der Waals surface area contributed by atoms with Gasteiger partial charge in [0.1, 0.15) is 11.5 Å². The Hall–Kier alpha value is -1.22. The lowest BCUT2D eigenvalue weighted by atomic mass is 9.90. The Balaban J connectivity index is 2.42. The van der Waals surface area contributed by atoms with Gasteiger partial charge in [-0.1, -0.05) is 0 Å². The first kappa shape index (κ1) is 10.3. The second-order valence-corrected chi connectivity index (χ2v) is 4.25. The largest absolute Gasteiger partial charge is 0.508 e. The van der Waals surface area contributed by atoms with Gasteiger partial charge in [-0.2, -0.15) is 0 Å². The van der Waals surface area contributed by atoms with Gasteiger partial charge >= 0.3 is 0 Å². The number of phenolic OH excluding ortho intramolecular Hbond substituents is 1. The molecule has 2 N–H and O–H groups in total. The molecule has 0 radical (unpaired) electrons. The van der Waals surface area contributed by atoms with E-state index in [2.05, 4.69) is 12.2 Å². The Morgan fingerprint density at radius 1 is 1.47 bits per heavy atom. The van der Waals surface area contributed by atoms with Crippen molar-refractivity contribution in [1.29, 1.82) is 0 Å². The molecule has 0 bridgehead atoms. The van der Waals surface area contributed by atoms with Gasteiger partial charge in [-0.3, -0.25) is 0 Å². The number of ether oxygens (including phenoxy) is 1. The highest BCUT2D eigenvalue weighted by atomic mass is 16.5. The van der Waals surface area contributed by atoms with E-state index in [0.29, 0.717) is 0 Å².